The number of rotatable bonds is 6. The van der Waals surface area contributed by atoms with Gasteiger partial charge in [-0.25, -0.2) is 0 Å². The number of ether oxygens (including phenoxy) is 1. The van der Waals surface area contributed by atoms with Crippen LogP contribution in [0, 0.1) is 0 Å². The molecule has 0 aliphatic carbocycles. The van der Waals surface area contributed by atoms with E-state index in [0.29, 0.717) is 12.0 Å². The van der Waals surface area contributed by atoms with Crippen molar-refractivity contribution >= 4 is 15.9 Å². The van der Waals surface area contributed by atoms with Gasteiger partial charge in [0, 0.05) is 29.5 Å². The molecule has 0 saturated carbocycles. The maximum Gasteiger partial charge on any atom is 0.119 e. The van der Waals surface area contributed by atoms with Crippen LogP contribution in [0.3, 0.4) is 0 Å². The van der Waals surface area contributed by atoms with E-state index in [1.807, 2.05) is 0 Å². The van der Waals surface area contributed by atoms with Crippen LogP contribution >= 0.6 is 15.9 Å². The number of hydrogen-bond acceptors (Lipinski definition) is 3. The summed E-state index contributed by atoms with van der Waals surface area (Å²) in [6, 6.07) is 16.4. The zero-order valence-corrected chi connectivity index (χ0v) is 19.4. The summed E-state index contributed by atoms with van der Waals surface area (Å²) in [6.07, 6.45) is 7.83. The summed E-state index contributed by atoms with van der Waals surface area (Å²) in [5.74, 6) is 1.51. The third kappa shape index (κ3) is 4.46. The summed E-state index contributed by atoms with van der Waals surface area (Å²) in [7, 11) is 0. The average molecular weight is 469 g/mol. The minimum atomic E-state index is 0.454. The Morgan fingerprint density at radius 3 is 2.57 bits per heavy atom. The smallest absolute Gasteiger partial charge is 0.119 e. The molecule has 3 aliphatic rings. The Labute approximate surface area is 189 Å². The fourth-order valence-electron chi connectivity index (χ4n) is 5.62. The van der Waals surface area contributed by atoms with E-state index in [0.717, 1.165) is 29.8 Å². The van der Waals surface area contributed by atoms with Gasteiger partial charge in [-0.15, -0.1) is 0 Å². The lowest BCUT2D eigenvalue weighted by atomic mass is 9.81. The van der Waals surface area contributed by atoms with E-state index in [1.54, 1.807) is 0 Å². The number of benzene rings is 2. The largest absolute Gasteiger partial charge is 0.494 e. The molecule has 5 rings (SSSR count). The highest BCUT2D eigenvalue weighted by molar-refractivity contribution is 9.10. The van der Waals surface area contributed by atoms with E-state index in [4.69, 9.17) is 4.74 Å². The second-order valence-corrected chi connectivity index (χ2v) is 10.1. The van der Waals surface area contributed by atoms with Gasteiger partial charge in [-0.3, -0.25) is 4.90 Å². The Hall–Kier alpha value is -1.36. The van der Waals surface area contributed by atoms with Crippen LogP contribution in [0.15, 0.2) is 46.9 Å². The average Bonchev–Trinajstić information content (AvgIpc) is 3.26. The number of halogens is 1. The minimum absolute atomic E-state index is 0.454. The van der Waals surface area contributed by atoms with E-state index in [1.165, 1.54) is 75.0 Å². The quantitative estimate of drug-likeness (QED) is 0.484. The molecular weight excluding hydrogens is 436 g/mol. The van der Waals surface area contributed by atoms with Crippen molar-refractivity contribution in [2.45, 2.75) is 50.5 Å². The highest BCUT2D eigenvalue weighted by Crippen LogP contribution is 2.45. The minimum Gasteiger partial charge on any atom is -0.494 e. The number of hydrogen-bond donors (Lipinski definition) is 0. The van der Waals surface area contributed by atoms with Crippen molar-refractivity contribution in [3.05, 3.63) is 63.6 Å². The lowest BCUT2D eigenvalue weighted by Crippen LogP contribution is -2.34. The molecule has 3 aliphatic heterocycles. The standard InChI is InChI=1S/C26H33BrN2O/c27-21-9-7-20(8-10-21)25-19-29-16-4-6-26(29)24-18-22(11-12-23(24)25)30-17-5-15-28-13-2-1-3-14-28/h7-12,18,25-26H,1-6,13-17,19H2/t25-,26+/m0/s1. The molecule has 2 aromatic carbocycles. The zero-order valence-electron chi connectivity index (χ0n) is 17.9. The molecule has 2 aromatic rings. The molecule has 0 spiro atoms. The van der Waals surface area contributed by atoms with E-state index in [2.05, 4.69) is 68.2 Å². The van der Waals surface area contributed by atoms with Crippen LogP contribution in [-0.2, 0) is 0 Å². The first-order valence-corrected chi connectivity index (χ1v) is 12.6. The van der Waals surface area contributed by atoms with Crippen LogP contribution < -0.4 is 4.74 Å². The van der Waals surface area contributed by atoms with Crippen LogP contribution in [0.4, 0.5) is 0 Å². The summed E-state index contributed by atoms with van der Waals surface area (Å²) >= 11 is 3.58. The highest BCUT2D eigenvalue weighted by atomic mass is 79.9. The van der Waals surface area contributed by atoms with E-state index < -0.39 is 0 Å². The first kappa shape index (κ1) is 20.5. The Bertz CT molecular complexity index is 847. The van der Waals surface area contributed by atoms with Gasteiger partial charge in [0.2, 0.25) is 0 Å². The fraction of sp³-hybridized carbons (Fsp3) is 0.538. The molecule has 0 unspecified atom stereocenters. The number of piperidine rings is 1. The van der Waals surface area contributed by atoms with Crippen LogP contribution in [0.2, 0.25) is 0 Å². The highest BCUT2D eigenvalue weighted by Gasteiger charge is 2.36. The van der Waals surface area contributed by atoms with Crippen LogP contribution in [0.1, 0.15) is 67.2 Å². The third-order valence-electron chi connectivity index (χ3n) is 7.18. The SMILES string of the molecule is Brc1ccc([C@@H]2CN3CCC[C@@H]3c3cc(OCCCN4CCCCC4)ccc32)cc1. The van der Waals surface area contributed by atoms with E-state index >= 15 is 0 Å². The lowest BCUT2D eigenvalue weighted by molar-refractivity contribution is 0.204. The van der Waals surface area contributed by atoms with Gasteiger partial charge in [-0.2, -0.15) is 0 Å². The molecule has 0 radical (unpaired) electrons. The Morgan fingerprint density at radius 1 is 0.900 bits per heavy atom. The monoisotopic (exact) mass is 468 g/mol. The Morgan fingerprint density at radius 2 is 1.73 bits per heavy atom. The van der Waals surface area contributed by atoms with Crippen molar-refractivity contribution in [3.63, 3.8) is 0 Å². The molecule has 4 heteroatoms. The van der Waals surface area contributed by atoms with Gasteiger partial charge >= 0.3 is 0 Å². The number of fused-ring (bicyclic) bond motifs is 3. The fourth-order valence-corrected chi connectivity index (χ4v) is 5.88. The van der Waals surface area contributed by atoms with Crippen molar-refractivity contribution in [2.24, 2.45) is 0 Å². The topological polar surface area (TPSA) is 15.7 Å². The maximum absolute atomic E-state index is 6.22. The van der Waals surface area contributed by atoms with Crippen LogP contribution in [-0.4, -0.2) is 49.1 Å². The third-order valence-corrected chi connectivity index (χ3v) is 7.71. The summed E-state index contributed by atoms with van der Waals surface area (Å²) in [5.41, 5.74) is 4.42. The molecule has 30 heavy (non-hydrogen) atoms. The van der Waals surface area contributed by atoms with Crippen LogP contribution in [0.5, 0.6) is 5.75 Å². The van der Waals surface area contributed by atoms with Crippen molar-refractivity contribution < 1.29 is 4.74 Å². The molecule has 2 fully saturated rings. The van der Waals surface area contributed by atoms with Crippen molar-refractivity contribution in [2.75, 3.05) is 39.3 Å². The van der Waals surface area contributed by atoms with Crippen molar-refractivity contribution in [1.82, 2.24) is 9.80 Å². The maximum atomic E-state index is 6.22. The molecule has 0 bridgehead atoms. The van der Waals surface area contributed by atoms with E-state index in [-0.39, 0.29) is 0 Å². The zero-order chi connectivity index (χ0) is 20.3. The molecule has 0 N–H and O–H groups in total. The normalized spacial score (nSPS) is 24.4. The van der Waals surface area contributed by atoms with Gasteiger partial charge < -0.3 is 9.64 Å². The second-order valence-electron chi connectivity index (χ2n) is 9.15. The van der Waals surface area contributed by atoms with Crippen molar-refractivity contribution in [1.29, 1.82) is 0 Å². The molecule has 2 atom stereocenters. The number of nitrogens with zero attached hydrogens (tertiary/aromatic N) is 2. The molecule has 0 aromatic heterocycles. The summed E-state index contributed by atoms with van der Waals surface area (Å²) in [6.45, 7) is 6.89. The Balaban J connectivity index is 1.29. The van der Waals surface area contributed by atoms with Gasteiger partial charge in [0.15, 0.2) is 0 Å². The predicted octanol–water partition coefficient (Wildman–Crippen LogP) is 5.99. The molecule has 2 saturated heterocycles. The molecule has 3 nitrogen and oxygen atoms in total. The first-order valence-electron chi connectivity index (χ1n) is 11.8. The molecule has 3 heterocycles. The van der Waals surface area contributed by atoms with Gasteiger partial charge in [0.05, 0.1) is 6.61 Å². The van der Waals surface area contributed by atoms with Gasteiger partial charge in [0.25, 0.3) is 0 Å². The number of likely N-dealkylation sites (tertiary alicyclic amines) is 1. The van der Waals surface area contributed by atoms with Crippen LogP contribution in [0.25, 0.3) is 0 Å². The first-order chi connectivity index (χ1) is 14.8. The molecule has 0 amide bonds. The van der Waals surface area contributed by atoms with Gasteiger partial charge in [0.1, 0.15) is 5.75 Å². The molecule has 160 valence electrons. The molecular formula is C26H33BrN2O. The summed E-state index contributed by atoms with van der Waals surface area (Å²) in [5, 5.41) is 0. The Kier molecular flexibility index (Phi) is 6.45. The second kappa shape index (κ2) is 9.42. The lowest BCUT2D eigenvalue weighted by Gasteiger charge is -2.37. The summed E-state index contributed by atoms with van der Waals surface area (Å²) in [4.78, 5) is 5.29. The van der Waals surface area contributed by atoms with Gasteiger partial charge in [-0.1, -0.05) is 40.5 Å². The summed E-state index contributed by atoms with van der Waals surface area (Å²) < 4.78 is 7.36. The predicted molar refractivity (Wildman–Crippen MR) is 126 cm³/mol. The van der Waals surface area contributed by atoms with Crippen molar-refractivity contribution in [3.8, 4) is 5.75 Å². The van der Waals surface area contributed by atoms with Gasteiger partial charge in [-0.05, 0) is 92.7 Å². The van der Waals surface area contributed by atoms with E-state index in [9.17, 15) is 0 Å².